The molecule has 0 bridgehead atoms. The molecule has 0 atom stereocenters. The molecule has 7 aromatic rings. The second kappa shape index (κ2) is 14.6. The van der Waals surface area contributed by atoms with Crippen molar-refractivity contribution < 1.29 is 4.42 Å². The van der Waals surface area contributed by atoms with Crippen molar-refractivity contribution in [1.29, 1.82) is 0 Å². The molecule has 1 heterocycles. The number of unbranched alkanes of at least 4 members (excludes halogenated alkanes) is 8. The third-order valence-corrected chi connectivity index (χ3v) is 10.2. The standard InChI is InChI=1S/C46H48O/c1-3-5-7-9-11-17-33-23-27-35(28-24-33)41-31-43-45(39-21-15-13-19-37(39)41)46-40-22-16-14-20-38(40)42(32-44(46)47-43)36-29-25-34(26-30-36)18-12-10-8-6-4-2/h13-16,19-32H,3-12,17-18H2,1-2H3. The molecule has 0 aliphatic rings. The minimum atomic E-state index is 0.953. The highest BCUT2D eigenvalue weighted by molar-refractivity contribution is 6.29. The summed E-state index contributed by atoms with van der Waals surface area (Å²) in [4.78, 5) is 0. The number of benzene rings is 6. The van der Waals surface area contributed by atoms with Crippen LogP contribution in [0.5, 0.6) is 0 Å². The molecule has 0 amide bonds. The van der Waals surface area contributed by atoms with Gasteiger partial charge in [-0.05, 0) is 92.7 Å². The van der Waals surface area contributed by atoms with E-state index in [0.29, 0.717) is 0 Å². The Morgan fingerprint density at radius 1 is 0.404 bits per heavy atom. The van der Waals surface area contributed by atoms with Crippen LogP contribution in [-0.4, -0.2) is 0 Å². The second-order valence-electron chi connectivity index (χ2n) is 13.5. The highest BCUT2D eigenvalue weighted by atomic mass is 16.3. The van der Waals surface area contributed by atoms with E-state index in [2.05, 4.69) is 123 Å². The maximum atomic E-state index is 6.81. The Bertz CT molecular complexity index is 1940. The molecule has 238 valence electrons. The van der Waals surface area contributed by atoms with Crippen molar-refractivity contribution in [3.63, 3.8) is 0 Å². The first-order valence-corrected chi connectivity index (χ1v) is 18.2. The molecule has 1 nitrogen and oxygen atoms in total. The summed E-state index contributed by atoms with van der Waals surface area (Å²) in [5.41, 5.74) is 9.72. The fourth-order valence-corrected chi connectivity index (χ4v) is 7.54. The average Bonchev–Trinajstić information content (AvgIpc) is 3.50. The minimum Gasteiger partial charge on any atom is -0.456 e. The lowest BCUT2D eigenvalue weighted by atomic mass is 9.91. The van der Waals surface area contributed by atoms with Crippen molar-refractivity contribution in [3.05, 3.63) is 120 Å². The maximum Gasteiger partial charge on any atom is 0.136 e. The molecular formula is C46H48O. The van der Waals surface area contributed by atoms with Crippen LogP contribution in [0.15, 0.2) is 114 Å². The van der Waals surface area contributed by atoms with E-state index in [9.17, 15) is 0 Å². The lowest BCUT2D eigenvalue weighted by Crippen LogP contribution is -1.88. The monoisotopic (exact) mass is 616 g/mol. The molecule has 0 saturated carbocycles. The number of fused-ring (bicyclic) bond motifs is 7. The molecule has 0 spiro atoms. The van der Waals surface area contributed by atoms with E-state index in [1.807, 2.05) is 0 Å². The fraction of sp³-hybridized carbons (Fsp3) is 0.304. The van der Waals surface area contributed by atoms with Gasteiger partial charge in [-0.3, -0.25) is 0 Å². The van der Waals surface area contributed by atoms with E-state index in [1.165, 1.54) is 130 Å². The number of furan rings is 1. The number of rotatable bonds is 14. The minimum absolute atomic E-state index is 0.953. The van der Waals surface area contributed by atoms with Gasteiger partial charge in [0.2, 0.25) is 0 Å². The zero-order chi connectivity index (χ0) is 32.0. The van der Waals surface area contributed by atoms with E-state index in [0.717, 1.165) is 24.0 Å². The molecule has 0 unspecified atom stereocenters. The Hall–Kier alpha value is -4.36. The fourth-order valence-electron chi connectivity index (χ4n) is 7.54. The number of hydrogen-bond acceptors (Lipinski definition) is 1. The van der Waals surface area contributed by atoms with E-state index < -0.39 is 0 Å². The Morgan fingerprint density at radius 3 is 1.19 bits per heavy atom. The average molecular weight is 617 g/mol. The van der Waals surface area contributed by atoms with Gasteiger partial charge in [-0.25, -0.2) is 0 Å². The molecule has 0 radical (unpaired) electrons. The number of aryl methyl sites for hydroxylation is 2. The summed E-state index contributed by atoms with van der Waals surface area (Å²) in [6, 6.07) is 40.8. The molecule has 7 rings (SSSR count). The van der Waals surface area contributed by atoms with Crippen molar-refractivity contribution in [2.24, 2.45) is 0 Å². The first-order chi connectivity index (χ1) is 23.2. The van der Waals surface area contributed by atoms with Crippen LogP contribution < -0.4 is 0 Å². The van der Waals surface area contributed by atoms with Crippen LogP contribution in [-0.2, 0) is 12.8 Å². The van der Waals surface area contributed by atoms with Crippen molar-refractivity contribution in [2.45, 2.75) is 90.9 Å². The smallest absolute Gasteiger partial charge is 0.136 e. The van der Waals surface area contributed by atoms with Gasteiger partial charge in [0.15, 0.2) is 0 Å². The number of hydrogen-bond donors (Lipinski definition) is 0. The molecule has 47 heavy (non-hydrogen) atoms. The summed E-state index contributed by atoms with van der Waals surface area (Å²) < 4.78 is 6.81. The van der Waals surface area contributed by atoms with Crippen molar-refractivity contribution in [3.8, 4) is 22.3 Å². The predicted molar refractivity (Wildman–Crippen MR) is 205 cm³/mol. The summed E-state index contributed by atoms with van der Waals surface area (Å²) in [5, 5.41) is 7.47. The highest BCUT2D eigenvalue weighted by Gasteiger charge is 2.19. The Morgan fingerprint density at radius 2 is 0.787 bits per heavy atom. The van der Waals surface area contributed by atoms with Crippen LogP contribution in [0, 0.1) is 0 Å². The SMILES string of the molecule is CCCCCCCc1ccc(-c2cc3oc4cc(-c5ccc(CCCCCCC)cc5)c5ccccc5c4c3c3ccccc23)cc1. The second-order valence-corrected chi connectivity index (χ2v) is 13.5. The van der Waals surface area contributed by atoms with E-state index in [-0.39, 0.29) is 0 Å². The molecule has 0 N–H and O–H groups in total. The van der Waals surface area contributed by atoms with Gasteiger partial charge in [-0.15, -0.1) is 0 Å². The molecule has 1 heteroatoms. The highest BCUT2D eigenvalue weighted by Crippen LogP contribution is 2.44. The Balaban J connectivity index is 1.27. The van der Waals surface area contributed by atoms with Gasteiger partial charge in [0.05, 0.1) is 0 Å². The van der Waals surface area contributed by atoms with Crippen LogP contribution in [0.25, 0.3) is 65.7 Å². The van der Waals surface area contributed by atoms with Crippen LogP contribution in [0.2, 0.25) is 0 Å². The van der Waals surface area contributed by atoms with Gasteiger partial charge in [-0.2, -0.15) is 0 Å². The molecular weight excluding hydrogens is 569 g/mol. The zero-order valence-electron chi connectivity index (χ0n) is 28.3. The molecule has 0 saturated heterocycles. The first-order valence-electron chi connectivity index (χ1n) is 18.2. The summed E-state index contributed by atoms with van der Waals surface area (Å²) in [7, 11) is 0. The van der Waals surface area contributed by atoms with Crippen LogP contribution in [0.4, 0.5) is 0 Å². The van der Waals surface area contributed by atoms with Gasteiger partial charge >= 0.3 is 0 Å². The zero-order valence-corrected chi connectivity index (χ0v) is 28.3. The molecule has 0 aliphatic carbocycles. The van der Waals surface area contributed by atoms with E-state index >= 15 is 0 Å². The summed E-state index contributed by atoms with van der Waals surface area (Å²) in [6.07, 6.45) is 15.5. The largest absolute Gasteiger partial charge is 0.456 e. The summed E-state index contributed by atoms with van der Waals surface area (Å²) in [6.45, 7) is 4.56. The van der Waals surface area contributed by atoms with Crippen LogP contribution in [0.1, 0.15) is 89.2 Å². The van der Waals surface area contributed by atoms with Crippen molar-refractivity contribution in [2.75, 3.05) is 0 Å². The lowest BCUT2D eigenvalue weighted by Gasteiger charge is -2.11. The van der Waals surface area contributed by atoms with Gasteiger partial charge in [0.25, 0.3) is 0 Å². The van der Waals surface area contributed by atoms with Gasteiger partial charge in [0, 0.05) is 10.8 Å². The topological polar surface area (TPSA) is 13.1 Å². The normalized spacial score (nSPS) is 11.8. The van der Waals surface area contributed by atoms with Crippen LogP contribution in [0.3, 0.4) is 0 Å². The molecule has 1 aromatic heterocycles. The summed E-state index contributed by atoms with van der Waals surface area (Å²) >= 11 is 0. The lowest BCUT2D eigenvalue weighted by molar-refractivity contribution is 0.632. The third-order valence-electron chi connectivity index (χ3n) is 10.2. The Labute approximate surface area is 280 Å². The molecule has 0 fully saturated rings. The van der Waals surface area contributed by atoms with E-state index in [1.54, 1.807) is 0 Å². The van der Waals surface area contributed by atoms with Crippen LogP contribution >= 0.6 is 0 Å². The molecule has 0 aliphatic heterocycles. The predicted octanol–water partition coefficient (Wildman–Crippen LogP) is 14.3. The van der Waals surface area contributed by atoms with E-state index in [4.69, 9.17) is 4.42 Å². The van der Waals surface area contributed by atoms with Gasteiger partial charge in [0.1, 0.15) is 11.2 Å². The van der Waals surface area contributed by atoms with Crippen molar-refractivity contribution in [1.82, 2.24) is 0 Å². The Kier molecular flexibility index (Phi) is 9.71. The molecule has 6 aromatic carbocycles. The third kappa shape index (κ3) is 6.59. The first kappa shape index (κ1) is 31.3. The quantitative estimate of drug-likeness (QED) is 0.111. The van der Waals surface area contributed by atoms with Crippen molar-refractivity contribution >= 4 is 43.5 Å². The van der Waals surface area contributed by atoms with Gasteiger partial charge < -0.3 is 4.42 Å². The summed E-state index contributed by atoms with van der Waals surface area (Å²) in [5.74, 6) is 0. The van der Waals surface area contributed by atoms with Gasteiger partial charge in [-0.1, -0.05) is 162 Å². The maximum absolute atomic E-state index is 6.81.